The predicted molar refractivity (Wildman–Crippen MR) is 35.3 cm³/mol. The van der Waals surface area contributed by atoms with Crippen LogP contribution in [0.5, 0.6) is 0 Å². The number of hydrogen-bond donors (Lipinski definition) is 0. The van der Waals surface area contributed by atoms with E-state index in [-0.39, 0.29) is 0 Å². The van der Waals surface area contributed by atoms with Crippen LogP contribution in [0.3, 0.4) is 0 Å². The molecule has 0 fully saturated rings. The highest BCUT2D eigenvalue weighted by Crippen LogP contribution is 2.26. The van der Waals surface area contributed by atoms with E-state index in [4.69, 9.17) is 0 Å². The van der Waals surface area contributed by atoms with Crippen molar-refractivity contribution >= 4 is 30.3 Å². The maximum Gasteiger partial charge on any atom is 0.162 e. The van der Waals surface area contributed by atoms with Crippen LogP contribution < -0.4 is 0 Å². The first-order valence-corrected chi connectivity index (χ1v) is 4.27. The van der Waals surface area contributed by atoms with E-state index in [2.05, 4.69) is 9.97 Å². The summed E-state index contributed by atoms with van der Waals surface area (Å²) in [5, 5.41) is 0. The fourth-order valence-corrected chi connectivity index (χ4v) is 1.97. The van der Waals surface area contributed by atoms with E-state index >= 15 is 0 Å². The summed E-state index contributed by atoms with van der Waals surface area (Å²) in [6, 6.07) is 0. The Morgan fingerprint density at radius 2 is 1.50 bits per heavy atom. The van der Waals surface area contributed by atoms with Crippen molar-refractivity contribution in [3.63, 3.8) is 0 Å². The van der Waals surface area contributed by atoms with Crippen LogP contribution in [-0.4, -0.2) is 9.97 Å². The highest BCUT2D eigenvalue weighted by molar-refractivity contribution is 7.78. The maximum absolute atomic E-state index is 4.05. The van der Waals surface area contributed by atoms with Crippen LogP contribution in [-0.2, 0) is 0 Å². The monoisotopic (exact) mass is 142 g/mol. The molecular weight excluding hydrogens is 140 g/mol. The second kappa shape index (κ2) is 1.50. The van der Waals surface area contributed by atoms with E-state index in [0.717, 1.165) is 9.66 Å². The summed E-state index contributed by atoms with van der Waals surface area (Å²) < 4.78 is 0. The van der Waals surface area contributed by atoms with Crippen LogP contribution in [0.2, 0.25) is 0 Å². The molecule has 0 saturated heterocycles. The average Bonchev–Trinajstić information content (AvgIpc) is 1.72. The molecule has 4 heteroatoms. The van der Waals surface area contributed by atoms with Gasteiger partial charge in [0.15, 0.2) is 9.66 Å². The molecular formula is C4H2N2S2. The molecule has 2 nitrogen and oxygen atoms in total. The van der Waals surface area contributed by atoms with E-state index in [1.165, 1.54) is 0 Å². The topological polar surface area (TPSA) is 25.8 Å². The number of fused-ring (bicyclic) bond motifs is 1. The van der Waals surface area contributed by atoms with Crippen molar-refractivity contribution in [3.8, 4) is 0 Å². The van der Waals surface area contributed by atoms with E-state index in [1.54, 1.807) is 33.1 Å². The van der Waals surface area contributed by atoms with Gasteiger partial charge in [-0.2, -0.15) is 0 Å². The zero-order valence-electron chi connectivity index (χ0n) is 3.87. The Hall–Kier alpha value is -0.480. The summed E-state index contributed by atoms with van der Waals surface area (Å²) >= 11 is 0. The highest BCUT2D eigenvalue weighted by Gasteiger charge is 1.96. The van der Waals surface area contributed by atoms with E-state index in [9.17, 15) is 0 Å². The van der Waals surface area contributed by atoms with Gasteiger partial charge in [0.25, 0.3) is 0 Å². The first-order valence-electron chi connectivity index (χ1n) is 2.12. The molecule has 0 aliphatic carbocycles. The largest absolute Gasteiger partial charge is 0.240 e. The van der Waals surface area contributed by atoms with Crippen molar-refractivity contribution in [3.05, 3.63) is 12.4 Å². The van der Waals surface area contributed by atoms with Crippen LogP contribution in [0, 0.1) is 0 Å². The third kappa shape index (κ3) is 0.468. The Morgan fingerprint density at radius 1 is 1.00 bits per heavy atom. The van der Waals surface area contributed by atoms with Crippen molar-refractivity contribution < 1.29 is 0 Å². The smallest absolute Gasteiger partial charge is 0.162 e. The molecule has 8 heavy (non-hydrogen) atoms. The third-order valence-electron chi connectivity index (χ3n) is 0.833. The van der Waals surface area contributed by atoms with Crippen molar-refractivity contribution in [2.45, 2.75) is 0 Å². The second-order valence-corrected chi connectivity index (χ2v) is 3.44. The molecule has 0 spiro atoms. The molecule has 2 aromatic heterocycles. The lowest BCUT2D eigenvalue weighted by molar-refractivity contribution is 1.33. The Labute approximate surface area is 53.2 Å². The summed E-state index contributed by atoms with van der Waals surface area (Å²) in [6.07, 6.45) is 3.43. The molecule has 0 saturated carbocycles. The van der Waals surface area contributed by atoms with E-state index in [1.807, 2.05) is 0 Å². The van der Waals surface area contributed by atoms with Gasteiger partial charge in [-0.15, -0.1) is 0 Å². The van der Waals surface area contributed by atoms with Gasteiger partial charge in [0.2, 0.25) is 0 Å². The third-order valence-corrected chi connectivity index (χ3v) is 3.16. The summed E-state index contributed by atoms with van der Waals surface area (Å²) in [5.41, 5.74) is 0. The van der Waals surface area contributed by atoms with Crippen LogP contribution in [0.1, 0.15) is 0 Å². The summed E-state index contributed by atoms with van der Waals surface area (Å²) in [5.74, 6) is 0. The minimum atomic E-state index is 1.07. The normalized spacial score (nSPS) is 10.5. The van der Waals surface area contributed by atoms with Crippen LogP contribution >= 0.6 is 20.7 Å². The van der Waals surface area contributed by atoms with Gasteiger partial charge in [-0.25, -0.2) is 9.97 Å². The second-order valence-electron chi connectivity index (χ2n) is 1.33. The average molecular weight is 142 g/mol. The molecule has 0 bridgehead atoms. The van der Waals surface area contributed by atoms with Gasteiger partial charge in [0, 0.05) is 12.4 Å². The Bertz CT molecular complexity index is 254. The molecule has 0 aliphatic heterocycles. The number of hydrogen-bond acceptors (Lipinski definition) is 4. The molecule has 0 amide bonds. The Kier molecular flexibility index (Phi) is 0.824. The van der Waals surface area contributed by atoms with Crippen LogP contribution in [0.25, 0.3) is 9.66 Å². The zero-order valence-corrected chi connectivity index (χ0v) is 5.50. The minimum Gasteiger partial charge on any atom is -0.240 e. The highest BCUT2D eigenvalue weighted by atomic mass is 32.9. The van der Waals surface area contributed by atoms with Gasteiger partial charge >= 0.3 is 0 Å². The molecule has 0 aliphatic rings. The molecule has 2 heterocycles. The van der Waals surface area contributed by atoms with Gasteiger partial charge in [0.1, 0.15) is 0 Å². The molecule has 2 rings (SSSR count). The van der Waals surface area contributed by atoms with Crippen LogP contribution in [0.15, 0.2) is 12.4 Å². The standard InChI is InChI=1S/C4H2N2S2/c1-2-6-4-3(5-1)7-8-4/h1-2H. The number of aromatic nitrogens is 2. The minimum absolute atomic E-state index is 1.07. The van der Waals surface area contributed by atoms with E-state index < -0.39 is 0 Å². The van der Waals surface area contributed by atoms with Gasteiger partial charge < -0.3 is 0 Å². The predicted octanol–water partition coefficient (Wildman–Crippen LogP) is 1.75. The molecule has 2 aromatic rings. The van der Waals surface area contributed by atoms with E-state index in [0.29, 0.717) is 0 Å². The lowest BCUT2D eigenvalue weighted by Crippen LogP contribution is -1.75. The summed E-state index contributed by atoms with van der Waals surface area (Å²) in [4.78, 5) is 10.2. The zero-order chi connectivity index (χ0) is 5.40. The van der Waals surface area contributed by atoms with Crippen molar-refractivity contribution in [1.29, 1.82) is 0 Å². The number of rotatable bonds is 0. The molecule has 0 radical (unpaired) electrons. The first-order chi connectivity index (χ1) is 3.97. The molecule has 0 unspecified atom stereocenters. The Balaban J connectivity index is 2.88. The fraction of sp³-hybridized carbons (Fsp3) is 0. The SMILES string of the molecule is c1cnc2ssc2n1. The summed E-state index contributed by atoms with van der Waals surface area (Å²) in [7, 11) is 3.35. The number of nitrogens with zero attached hydrogens (tertiary/aromatic N) is 2. The quantitative estimate of drug-likeness (QED) is 0.524. The molecule has 40 valence electrons. The maximum atomic E-state index is 4.05. The molecule has 0 atom stereocenters. The summed E-state index contributed by atoms with van der Waals surface area (Å²) in [6.45, 7) is 0. The van der Waals surface area contributed by atoms with Crippen LogP contribution in [0.4, 0.5) is 0 Å². The Morgan fingerprint density at radius 3 is 1.75 bits per heavy atom. The lowest BCUT2D eigenvalue weighted by atomic mass is 10.8. The first kappa shape index (κ1) is 4.40. The van der Waals surface area contributed by atoms with Gasteiger partial charge in [-0.05, 0) is 0 Å². The van der Waals surface area contributed by atoms with Gasteiger partial charge in [-0.3, -0.25) is 0 Å². The molecule has 0 N–H and O–H groups in total. The molecule has 0 aromatic carbocycles. The fourth-order valence-electron chi connectivity index (χ4n) is 0.472. The lowest BCUT2D eigenvalue weighted by Gasteiger charge is -1.91. The van der Waals surface area contributed by atoms with Gasteiger partial charge in [0.05, 0.1) is 0 Å². The van der Waals surface area contributed by atoms with Gasteiger partial charge in [-0.1, -0.05) is 20.7 Å². The van der Waals surface area contributed by atoms with Crippen molar-refractivity contribution in [2.24, 2.45) is 0 Å². The van der Waals surface area contributed by atoms with Crippen molar-refractivity contribution in [1.82, 2.24) is 9.97 Å². The van der Waals surface area contributed by atoms with Crippen molar-refractivity contribution in [2.75, 3.05) is 0 Å².